The summed E-state index contributed by atoms with van der Waals surface area (Å²) in [5, 5.41) is 12.9. The van der Waals surface area contributed by atoms with E-state index >= 15 is 0 Å². The fourth-order valence-corrected chi connectivity index (χ4v) is 2.75. The summed E-state index contributed by atoms with van der Waals surface area (Å²) in [7, 11) is 0. The minimum Gasteiger partial charge on any atom is -0.334 e. The highest BCUT2D eigenvalue weighted by atomic mass is 35.5. The van der Waals surface area contributed by atoms with E-state index in [1.807, 2.05) is 0 Å². The first-order valence-corrected chi connectivity index (χ1v) is 7.01. The molecule has 0 atom stereocenters. The average Bonchev–Trinajstić information content (AvgIpc) is 2.42. The average molecular weight is 297 g/mol. The number of nitrogens with zero attached hydrogens (tertiary/aromatic N) is 1. The maximum Gasteiger partial charge on any atom is 0.254 e. The first-order chi connectivity index (χ1) is 9.06. The molecule has 0 unspecified atom stereocenters. The van der Waals surface area contributed by atoms with Gasteiger partial charge in [-0.15, -0.1) is 0 Å². The molecule has 3 nitrogen and oxygen atoms in total. The Hall–Kier alpha value is -1.24. The van der Waals surface area contributed by atoms with Crippen molar-refractivity contribution in [3.63, 3.8) is 0 Å². The van der Waals surface area contributed by atoms with Crippen LogP contribution in [0.1, 0.15) is 42.5 Å². The van der Waals surface area contributed by atoms with Gasteiger partial charge in [0.05, 0.1) is 16.7 Å². The van der Waals surface area contributed by atoms with E-state index in [0.717, 1.165) is 19.3 Å². The number of amides is 1. The van der Waals surface area contributed by atoms with Gasteiger partial charge in [0.1, 0.15) is 5.54 Å². The molecule has 1 aliphatic carbocycles. The lowest BCUT2D eigenvalue weighted by Gasteiger charge is -2.31. The molecule has 1 N–H and O–H groups in total. The fourth-order valence-electron chi connectivity index (χ4n) is 2.38. The monoisotopic (exact) mass is 296 g/mol. The van der Waals surface area contributed by atoms with Crippen molar-refractivity contribution >= 4 is 29.1 Å². The molecule has 5 heteroatoms. The van der Waals surface area contributed by atoms with E-state index in [-0.39, 0.29) is 5.91 Å². The van der Waals surface area contributed by atoms with Crippen molar-refractivity contribution in [1.82, 2.24) is 5.32 Å². The Morgan fingerprint density at radius 1 is 1.26 bits per heavy atom. The molecule has 2 rings (SSSR count). The molecule has 0 radical (unpaired) electrons. The smallest absolute Gasteiger partial charge is 0.254 e. The highest BCUT2D eigenvalue weighted by molar-refractivity contribution is 6.35. The molecule has 100 valence electrons. The third-order valence-electron chi connectivity index (χ3n) is 3.45. The summed E-state index contributed by atoms with van der Waals surface area (Å²) in [6, 6.07) is 6.97. The Morgan fingerprint density at radius 2 is 1.95 bits per heavy atom. The van der Waals surface area contributed by atoms with Crippen LogP contribution >= 0.6 is 23.2 Å². The van der Waals surface area contributed by atoms with Gasteiger partial charge >= 0.3 is 0 Å². The van der Waals surface area contributed by atoms with Crippen molar-refractivity contribution in [2.75, 3.05) is 0 Å². The number of hydrogen-bond donors (Lipinski definition) is 1. The van der Waals surface area contributed by atoms with Gasteiger partial charge < -0.3 is 5.32 Å². The zero-order chi connectivity index (χ0) is 13.9. The fraction of sp³-hybridized carbons (Fsp3) is 0.429. The quantitative estimate of drug-likeness (QED) is 0.898. The molecule has 1 saturated carbocycles. The number of rotatable bonds is 2. The molecule has 0 saturated heterocycles. The second-order valence-corrected chi connectivity index (χ2v) is 5.68. The summed E-state index contributed by atoms with van der Waals surface area (Å²) >= 11 is 11.9. The van der Waals surface area contributed by atoms with Crippen LogP contribution in [0, 0.1) is 11.3 Å². The van der Waals surface area contributed by atoms with Gasteiger partial charge in [-0.2, -0.15) is 5.26 Å². The number of nitriles is 1. The van der Waals surface area contributed by atoms with Crippen molar-refractivity contribution in [3.8, 4) is 6.07 Å². The first-order valence-electron chi connectivity index (χ1n) is 6.25. The van der Waals surface area contributed by atoms with Crippen molar-refractivity contribution in [2.24, 2.45) is 0 Å². The SMILES string of the molecule is N#CC1(NC(=O)c2cc(Cl)ccc2Cl)CCCCC1. The second kappa shape index (κ2) is 5.81. The lowest BCUT2D eigenvalue weighted by atomic mass is 9.82. The maximum absolute atomic E-state index is 12.2. The van der Waals surface area contributed by atoms with Crippen LogP contribution in [0.5, 0.6) is 0 Å². The van der Waals surface area contributed by atoms with E-state index in [0.29, 0.717) is 28.5 Å². The second-order valence-electron chi connectivity index (χ2n) is 4.83. The van der Waals surface area contributed by atoms with Gasteiger partial charge in [-0.05, 0) is 31.0 Å². The molecule has 0 aromatic heterocycles. The van der Waals surface area contributed by atoms with E-state index in [1.54, 1.807) is 12.1 Å². The standard InChI is InChI=1S/C14H14Cl2N2O/c15-10-4-5-12(16)11(8-10)13(19)18-14(9-17)6-2-1-3-7-14/h4-5,8H,1-3,6-7H2,(H,18,19). The van der Waals surface area contributed by atoms with Gasteiger partial charge in [0.2, 0.25) is 0 Å². The minimum absolute atomic E-state index is 0.314. The summed E-state index contributed by atoms with van der Waals surface area (Å²) in [5.74, 6) is -0.337. The van der Waals surface area contributed by atoms with Crippen LogP contribution in [-0.2, 0) is 0 Å². The number of halogens is 2. The number of carbonyl (C=O) groups excluding carboxylic acids is 1. The zero-order valence-corrected chi connectivity index (χ0v) is 11.9. The van der Waals surface area contributed by atoms with Gasteiger partial charge in [0.15, 0.2) is 0 Å². The molecular weight excluding hydrogens is 283 g/mol. The number of benzene rings is 1. The van der Waals surface area contributed by atoms with E-state index in [2.05, 4.69) is 11.4 Å². The normalized spacial score (nSPS) is 17.5. The largest absolute Gasteiger partial charge is 0.334 e. The first kappa shape index (κ1) is 14.2. The minimum atomic E-state index is -0.763. The van der Waals surface area contributed by atoms with Crippen LogP contribution in [0.4, 0.5) is 0 Å². The number of nitrogens with one attached hydrogen (secondary N) is 1. The van der Waals surface area contributed by atoms with Crippen molar-refractivity contribution in [1.29, 1.82) is 5.26 Å². The number of hydrogen-bond acceptors (Lipinski definition) is 2. The molecule has 1 amide bonds. The third-order valence-corrected chi connectivity index (χ3v) is 4.01. The third kappa shape index (κ3) is 3.20. The Balaban J connectivity index is 2.20. The zero-order valence-electron chi connectivity index (χ0n) is 10.4. The van der Waals surface area contributed by atoms with E-state index in [1.165, 1.54) is 6.07 Å². The molecule has 0 bridgehead atoms. The highest BCUT2D eigenvalue weighted by Gasteiger charge is 2.34. The summed E-state index contributed by atoms with van der Waals surface area (Å²) in [6.45, 7) is 0. The molecule has 0 spiro atoms. The Labute approximate surface area is 122 Å². The summed E-state index contributed by atoms with van der Waals surface area (Å²) in [4.78, 5) is 12.2. The van der Waals surface area contributed by atoms with E-state index < -0.39 is 5.54 Å². The predicted octanol–water partition coefficient (Wildman–Crippen LogP) is 3.95. The summed E-state index contributed by atoms with van der Waals surface area (Å²) < 4.78 is 0. The van der Waals surface area contributed by atoms with Crippen molar-refractivity contribution in [2.45, 2.75) is 37.6 Å². The Kier molecular flexibility index (Phi) is 4.34. The molecule has 19 heavy (non-hydrogen) atoms. The molecular formula is C14H14Cl2N2O. The topological polar surface area (TPSA) is 52.9 Å². The molecule has 1 aliphatic rings. The summed E-state index contributed by atoms with van der Waals surface area (Å²) in [5.41, 5.74) is -0.449. The number of carbonyl (C=O) groups is 1. The van der Waals surface area contributed by atoms with Crippen LogP contribution < -0.4 is 5.32 Å². The van der Waals surface area contributed by atoms with E-state index in [4.69, 9.17) is 23.2 Å². The lowest BCUT2D eigenvalue weighted by Crippen LogP contribution is -2.48. The molecule has 1 aromatic rings. The Bertz CT molecular complexity index is 531. The highest BCUT2D eigenvalue weighted by Crippen LogP contribution is 2.29. The van der Waals surface area contributed by atoms with Gasteiger partial charge in [-0.25, -0.2) is 0 Å². The maximum atomic E-state index is 12.2. The lowest BCUT2D eigenvalue weighted by molar-refractivity contribution is 0.0903. The van der Waals surface area contributed by atoms with Gasteiger partial charge in [-0.1, -0.05) is 42.5 Å². The van der Waals surface area contributed by atoms with E-state index in [9.17, 15) is 10.1 Å². The molecule has 1 aromatic carbocycles. The van der Waals surface area contributed by atoms with Gasteiger partial charge in [0, 0.05) is 5.02 Å². The van der Waals surface area contributed by atoms with Crippen LogP contribution in [0.25, 0.3) is 0 Å². The van der Waals surface area contributed by atoms with Gasteiger partial charge in [0.25, 0.3) is 5.91 Å². The van der Waals surface area contributed by atoms with Crippen LogP contribution in [0.3, 0.4) is 0 Å². The van der Waals surface area contributed by atoms with Crippen molar-refractivity contribution < 1.29 is 4.79 Å². The van der Waals surface area contributed by atoms with Crippen LogP contribution in [0.2, 0.25) is 10.0 Å². The predicted molar refractivity (Wildman–Crippen MR) is 75.4 cm³/mol. The van der Waals surface area contributed by atoms with Crippen LogP contribution in [0.15, 0.2) is 18.2 Å². The Morgan fingerprint density at radius 3 is 2.58 bits per heavy atom. The van der Waals surface area contributed by atoms with Crippen molar-refractivity contribution in [3.05, 3.63) is 33.8 Å². The summed E-state index contributed by atoms with van der Waals surface area (Å²) in [6.07, 6.45) is 4.40. The molecule has 0 aliphatic heterocycles. The van der Waals surface area contributed by atoms with Gasteiger partial charge in [-0.3, -0.25) is 4.79 Å². The van der Waals surface area contributed by atoms with Crippen LogP contribution in [-0.4, -0.2) is 11.4 Å². The molecule has 1 fully saturated rings. The molecule has 0 heterocycles.